The van der Waals surface area contributed by atoms with Gasteiger partial charge in [0, 0.05) is 12.8 Å². The van der Waals surface area contributed by atoms with Crippen LogP contribution in [0.4, 0.5) is 0 Å². The lowest BCUT2D eigenvalue weighted by Gasteiger charge is -2.06. The first-order valence-electron chi connectivity index (χ1n) is 4.82. The summed E-state index contributed by atoms with van der Waals surface area (Å²) in [5.74, 6) is 1.15. The van der Waals surface area contributed by atoms with Crippen molar-refractivity contribution in [2.75, 3.05) is 7.11 Å². The minimum atomic E-state index is 0.273. The molecule has 0 amide bonds. The molecule has 0 saturated heterocycles. The number of methoxy groups -OCH3 is 1. The van der Waals surface area contributed by atoms with Gasteiger partial charge in [0.15, 0.2) is 0 Å². The van der Waals surface area contributed by atoms with Gasteiger partial charge in [-0.3, -0.25) is 4.79 Å². The maximum atomic E-state index is 11.2. The van der Waals surface area contributed by atoms with Crippen molar-refractivity contribution in [3.63, 3.8) is 0 Å². The van der Waals surface area contributed by atoms with Crippen molar-refractivity contribution in [1.29, 1.82) is 0 Å². The summed E-state index contributed by atoms with van der Waals surface area (Å²) in [6, 6.07) is 5.86. The minimum Gasteiger partial charge on any atom is -0.496 e. The molecule has 1 rings (SSSR count). The standard InChI is InChI=1S/C12H16O2/c1-4-11(13)8-10-5-6-12(14-3)9(2)7-10/h5-7H,4,8H2,1-3H3. The molecule has 0 N–H and O–H groups in total. The fourth-order valence-electron chi connectivity index (χ4n) is 1.40. The highest BCUT2D eigenvalue weighted by molar-refractivity contribution is 5.80. The zero-order valence-electron chi connectivity index (χ0n) is 8.96. The first-order valence-corrected chi connectivity index (χ1v) is 4.82. The molecule has 0 aliphatic carbocycles. The lowest BCUT2D eigenvalue weighted by molar-refractivity contribution is -0.118. The molecule has 76 valence electrons. The summed E-state index contributed by atoms with van der Waals surface area (Å²) in [5.41, 5.74) is 2.14. The van der Waals surface area contributed by atoms with E-state index < -0.39 is 0 Å². The second-order valence-electron chi connectivity index (χ2n) is 3.37. The smallest absolute Gasteiger partial charge is 0.136 e. The molecule has 1 aromatic rings. The van der Waals surface area contributed by atoms with E-state index in [2.05, 4.69) is 0 Å². The normalized spacial score (nSPS) is 9.93. The molecule has 14 heavy (non-hydrogen) atoms. The molecule has 1 aromatic carbocycles. The second-order valence-corrected chi connectivity index (χ2v) is 3.37. The molecule has 0 radical (unpaired) electrons. The van der Waals surface area contributed by atoms with Gasteiger partial charge in [-0.15, -0.1) is 0 Å². The first-order chi connectivity index (χ1) is 6.67. The predicted molar refractivity (Wildman–Crippen MR) is 56.7 cm³/mol. The van der Waals surface area contributed by atoms with Gasteiger partial charge in [0.25, 0.3) is 0 Å². The summed E-state index contributed by atoms with van der Waals surface area (Å²) in [6.45, 7) is 3.87. The summed E-state index contributed by atoms with van der Waals surface area (Å²) in [7, 11) is 1.65. The fourth-order valence-corrected chi connectivity index (χ4v) is 1.40. The van der Waals surface area contributed by atoms with E-state index in [-0.39, 0.29) is 5.78 Å². The third-order valence-electron chi connectivity index (χ3n) is 2.25. The predicted octanol–water partition coefficient (Wildman–Crippen LogP) is 2.53. The molecule has 0 aromatic heterocycles. The van der Waals surface area contributed by atoms with Crippen LogP contribution in [-0.4, -0.2) is 12.9 Å². The van der Waals surface area contributed by atoms with Crippen LogP contribution in [0.25, 0.3) is 0 Å². The molecule has 0 spiro atoms. The van der Waals surface area contributed by atoms with E-state index in [1.807, 2.05) is 32.0 Å². The Morgan fingerprint density at radius 1 is 1.43 bits per heavy atom. The fraction of sp³-hybridized carbons (Fsp3) is 0.417. The highest BCUT2D eigenvalue weighted by Gasteiger charge is 2.03. The Bertz CT molecular complexity index is 329. The quantitative estimate of drug-likeness (QED) is 0.732. The lowest BCUT2D eigenvalue weighted by Crippen LogP contribution is -2.00. The van der Waals surface area contributed by atoms with Crippen molar-refractivity contribution in [1.82, 2.24) is 0 Å². The Hall–Kier alpha value is -1.31. The number of carbonyl (C=O) groups excluding carboxylic acids is 1. The summed E-state index contributed by atoms with van der Waals surface area (Å²) in [6.07, 6.45) is 1.13. The Balaban J connectivity index is 2.81. The van der Waals surface area contributed by atoms with Crippen molar-refractivity contribution in [2.24, 2.45) is 0 Å². The minimum absolute atomic E-state index is 0.273. The van der Waals surface area contributed by atoms with Crippen LogP contribution in [0.5, 0.6) is 5.75 Å². The zero-order valence-corrected chi connectivity index (χ0v) is 8.96. The number of carbonyl (C=O) groups is 1. The molecular weight excluding hydrogens is 176 g/mol. The van der Waals surface area contributed by atoms with Crippen LogP contribution < -0.4 is 4.74 Å². The monoisotopic (exact) mass is 192 g/mol. The highest BCUT2D eigenvalue weighted by atomic mass is 16.5. The van der Waals surface area contributed by atoms with E-state index in [0.717, 1.165) is 16.9 Å². The lowest BCUT2D eigenvalue weighted by atomic mass is 10.0. The molecule has 0 atom stereocenters. The Morgan fingerprint density at radius 3 is 2.64 bits per heavy atom. The summed E-state index contributed by atoms with van der Waals surface area (Å²) in [5, 5.41) is 0. The topological polar surface area (TPSA) is 26.3 Å². The summed E-state index contributed by atoms with van der Waals surface area (Å²) < 4.78 is 5.15. The van der Waals surface area contributed by atoms with Crippen LogP contribution in [0.3, 0.4) is 0 Å². The van der Waals surface area contributed by atoms with Crippen LogP contribution in [-0.2, 0) is 11.2 Å². The molecule has 0 aliphatic rings. The number of ether oxygens (including phenoxy) is 1. The average Bonchev–Trinajstić information content (AvgIpc) is 2.18. The molecular formula is C12H16O2. The Kier molecular flexibility index (Phi) is 3.69. The number of rotatable bonds is 4. The van der Waals surface area contributed by atoms with Crippen LogP contribution in [0.1, 0.15) is 24.5 Å². The van der Waals surface area contributed by atoms with Crippen LogP contribution in [0.15, 0.2) is 18.2 Å². The molecule has 0 fully saturated rings. The third-order valence-corrected chi connectivity index (χ3v) is 2.25. The summed E-state index contributed by atoms with van der Waals surface area (Å²) in [4.78, 5) is 11.2. The highest BCUT2D eigenvalue weighted by Crippen LogP contribution is 2.18. The number of hydrogen-bond donors (Lipinski definition) is 0. The molecule has 0 bridgehead atoms. The third kappa shape index (κ3) is 2.59. The van der Waals surface area contributed by atoms with E-state index in [4.69, 9.17) is 4.74 Å². The van der Waals surface area contributed by atoms with Gasteiger partial charge in [-0.1, -0.05) is 19.1 Å². The van der Waals surface area contributed by atoms with Crippen LogP contribution in [0.2, 0.25) is 0 Å². The van der Waals surface area contributed by atoms with Gasteiger partial charge >= 0.3 is 0 Å². The number of ketones is 1. The molecule has 0 saturated carbocycles. The van der Waals surface area contributed by atoms with Crippen molar-refractivity contribution in [3.8, 4) is 5.75 Å². The maximum Gasteiger partial charge on any atom is 0.136 e. The molecule has 0 unspecified atom stereocenters. The summed E-state index contributed by atoms with van der Waals surface area (Å²) >= 11 is 0. The number of hydrogen-bond acceptors (Lipinski definition) is 2. The molecule has 0 aliphatic heterocycles. The van der Waals surface area contributed by atoms with E-state index in [9.17, 15) is 4.79 Å². The maximum absolute atomic E-state index is 11.2. The van der Waals surface area contributed by atoms with Crippen LogP contribution >= 0.6 is 0 Å². The van der Waals surface area contributed by atoms with E-state index in [1.165, 1.54) is 0 Å². The van der Waals surface area contributed by atoms with Gasteiger partial charge in [-0.2, -0.15) is 0 Å². The Morgan fingerprint density at radius 2 is 2.14 bits per heavy atom. The Labute approximate surface area is 84.9 Å². The van der Waals surface area contributed by atoms with Gasteiger partial charge in [0.2, 0.25) is 0 Å². The second kappa shape index (κ2) is 4.80. The molecule has 2 heteroatoms. The van der Waals surface area contributed by atoms with Crippen molar-refractivity contribution < 1.29 is 9.53 Å². The van der Waals surface area contributed by atoms with E-state index in [0.29, 0.717) is 12.8 Å². The van der Waals surface area contributed by atoms with Crippen molar-refractivity contribution in [3.05, 3.63) is 29.3 Å². The zero-order chi connectivity index (χ0) is 10.6. The molecule has 2 nitrogen and oxygen atoms in total. The average molecular weight is 192 g/mol. The van der Waals surface area contributed by atoms with Gasteiger partial charge in [-0.05, 0) is 24.1 Å². The first kappa shape index (κ1) is 10.8. The van der Waals surface area contributed by atoms with E-state index in [1.54, 1.807) is 7.11 Å². The number of benzene rings is 1. The van der Waals surface area contributed by atoms with Gasteiger partial charge in [0.1, 0.15) is 11.5 Å². The number of Topliss-reactive ketones (excluding diaryl/α,β-unsaturated/α-hetero) is 1. The van der Waals surface area contributed by atoms with Gasteiger partial charge < -0.3 is 4.74 Å². The SMILES string of the molecule is CCC(=O)Cc1ccc(OC)c(C)c1. The molecule has 0 heterocycles. The van der Waals surface area contributed by atoms with Crippen LogP contribution in [0, 0.1) is 6.92 Å². The number of aryl methyl sites for hydroxylation is 1. The van der Waals surface area contributed by atoms with E-state index >= 15 is 0 Å². The van der Waals surface area contributed by atoms with Crippen molar-refractivity contribution >= 4 is 5.78 Å². The van der Waals surface area contributed by atoms with Crippen molar-refractivity contribution in [2.45, 2.75) is 26.7 Å². The largest absolute Gasteiger partial charge is 0.496 e. The van der Waals surface area contributed by atoms with Gasteiger partial charge in [0.05, 0.1) is 7.11 Å². The van der Waals surface area contributed by atoms with Gasteiger partial charge in [-0.25, -0.2) is 0 Å².